The molecule has 14 heteroatoms. The second kappa shape index (κ2) is 12.9. The predicted molar refractivity (Wildman–Crippen MR) is 35.8 cm³/mol. The van der Waals surface area contributed by atoms with E-state index in [2.05, 4.69) is 0 Å². The Bertz CT molecular complexity index is 218. The van der Waals surface area contributed by atoms with E-state index < -0.39 is 27.1 Å². The Hall–Kier alpha value is -0.0817. The Balaban J connectivity index is -0.0000000178. The van der Waals surface area contributed by atoms with Gasteiger partial charge in [-0.2, -0.15) is 0 Å². The van der Waals surface area contributed by atoms with E-state index in [1.54, 1.807) is 0 Å². The Morgan fingerprint density at radius 2 is 0.786 bits per heavy atom. The van der Waals surface area contributed by atoms with E-state index in [0.717, 1.165) is 0 Å². The molecule has 0 aromatic rings. The van der Waals surface area contributed by atoms with E-state index in [-0.39, 0.29) is 24.6 Å². The van der Waals surface area contributed by atoms with Crippen LogP contribution in [0.1, 0.15) is 0 Å². The molecule has 0 saturated heterocycles. The standard InChI is InChI=1S/Mo.4H3N.H2O4S.4O/c;;;;;1-5(2,3)4;;;;/h;4*1H3;(H2,1,2,3,4);;;;/q;;;;;;;;2*-1/p+2. The van der Waals surface area contributed by atoms with Crippen LogP contribution in [-0.2, 0) is 33.9 Å². The molecule has 0 bridgehead atoms. The maximum absolute atomic E-state index is 8.63. The molecule has 0 radical (unpaired) electrons. The second-order valence-corrected chi connectivity index (χ2v) is 3.64. The van der Waals surface area contributed by atoms with Gasteiger partial charge in [0.2, 0.25) is 0 Å². The molecule has 0 fully saturated rings. The van der Waals surface area contributed by atoms with Gasteiger partial charge in [0.15, 0.2) is 0 Å². The summed E-state index contributed by atoms with van der Waals surface area (Å²) < 4.78 is 68.6. The van der Waals surface area contributed by atoms with Gasteiger partial charge < -0.3 is 33.7 Å². The van der Waals surface area contributed by atoms with Gasteiger partial charge in [0.1, 0.15) is 0 Å². The van der Waals surface area contributed by atoms with Gasteiger partial charge in [-0.05, 0) is 0 Å². The Morgan fingerprint density at radius 1 is 0.786 bits per heavy atom. The minimum absolute atomic E-state index is 0. The summed E-state index contributed by atoms with van der Waals surface area (Å²) in [6.45, 7) is 0. The normalized spacial score (nSPS) is 8.29. The molecule has 0 saturated carbocycles. The quantitative estimate of drug-likeness (QED) is 0.209. The van der Waals surface area contributed by atoms with Gasteiger partial charge in [-0.15, -0.1) is 0 Å². The van der Waals surface area contributed by atoms with Gasteiger partial charge >= 0.3 is 31.1 Å². The summed E-state index contributed by atoms with van der Waals surface area (Å²) in [5.41, 5.74) is 0. The molecule has 12 nitrogen and oxygen atoms in total. The van der Waals surface area contributed by atoms with Crippen molar-refractivity contribution >= 4 is 10.4 Å². The topological polar surface area (TPSA) is 307 Å². The van der Waals surface area contributed by atoms with Crippen molar-refractivity contribution in [2.24, 2.45) is 0 Å². The average Bonchev–Trinajstić information content (AvgIpc) is 1.12. The third-order valence-corrected chi connectivity index (χ3v) is 0. The van der Waals surface area contributed by atoms with Gasteiger partial charge in [-0.1, -0.05) is 0 Å². The first-order chi connectivity index (χ1) is 4.00. The van der Waals surface area contributed by atoms with E-state index in [4.69, 9.17) is 31.8 Å². The molecule has 14 heavy (non-hydrogen) atoms. The second-order valence-electron chi connectivity index (χ2n) is 0.816. The predicted octanol–water partition coefficient (Wildman–Crippen LogP) is -2.45. The first-order valence-electron chi connectivity index (χ1n) is 1.33. The van der Waals surface area contributed by atoms with Crippen LogP contribution in [0.25, 0.3) is 0 Å². The van der Waals surface area contributed by atoms with Crippen LogP contribution in [-0.4, -0.2) is 17.5 Å². The molecule has 0 aliphatic carbocycles. The molecule has 0 rings (SSSR count). The van der Waals surface area contributed by atoms with Crippen LogP contribution >= 0.6 is 0 Å². The van der Waals surface area contributed by atoms with Crippen LogP contribution in [0.3, 0.4) is 0 Å². The van der Waals surface area contributed by atoms with E-state index in [0.29, 0.717) is 0 Å². The molecule has 0 aliphatic heterocycles. The van der Waals surface area contributed by atoms with Crippen LogP contribution < -0.4 is 32.1 Å². The number of quaternary nitrogens is 4. The van der Waals surface area contributed by atoms with Crippen LogP contribution in [0.15, 0.2) is 0 Å². The molecule has 0 aliphatic rings. The molecule has 0 amide bonds. The molecule has 0 aromatic heterocycles. The zero-order valence-corrected chi connectivity index (χ0v) is 10.9. The zero-order valence-electron chi connectivity index (χ0n) is 8.08. The fourth-order valence-corrected chi connectivity index (χ4v) is 0. The third-order valence-electron chi connectivity index (χ3n) is 0. The number of rotatable bonds is 0. The Labute approximate surface area is 84.0 Å². The summed E-state index contributed by atoms with van der Waals surface area (Å²) in [5.74, 6) is 0. The van der Waals surface area contributed by atoms with Gasteiger partial charge in [0, 0.05) is 10.4 Å². The molecular weight excluding hydrogens is 312 g/mol. The van der Waals surface area contributed by atoms with Gasteiger partial charge in [-0.3, -0.25) is 8.42 Å². The van der Waals surface area contributed by atoms with Crippen molar-refractivity contribution < 1.29 is 48.6 Å². The van der Waals surface area contributed by atoms with Crippen molar-refractivity contribution in [1.29, 1.82) is 0 Å². The summed E-state index contributed by atoms with van der Waals surface area (Å²) in [6.07, 6.45) is 0. The monoisotopic (exact) mass is 330 g/mol. The summed E-state index contributed by atoms with van der Waals surface area (Å²) in [4.78, 5) is 0. The van der Waals surface area contributed by atoms with Gasteiger partial charge in [0.25, 0.3) is 0 Å². The molecule has 96 valence electrons. The van der Waals surface area contributed by atoms with Crippen molar-refractivity contribution in [3.63, 3.8) is 0 Å². The summed E-state index contributed by atoms with van der Waals surface area (Å²) in [6, 6.07) is 0. The van der Waals surface area contributed by atoms with Gasteiger partial charge in [-0.25, -0.2) is 0 Å². The van der Waals surface area contributed by atoms with E-state index >= 15 is 0 Å². The number of hydrogen-bond acceptors (Lipinski definition) is 8. The first kappa shape index (κ1) is 37.0. The van der Waals surface area contributed by atoms with E-state index in [1.807, 2.05) is 0 Å². The van der Waals surface area contributed by atoms with Crippen LogP contribution in [0.4, 0.5) is 0 Å². The van der Waals surface area contributed by atoms with Crippen molar-refractivity contribution in [3.05, 3.63) is 0 Å². The molecule has 0 aromatic carbocycles. The summed E-state index contributed by atoms with van der Waals surface area (Å²) >= 11 is -6.02. The first-order valence-corrected chi connectivity index (χ1v) is 5.94. The van der Waals surface area contributed by atoms with Crippen molar-refractivity contribution in [2.75, 3.05) is 0 Å². The molecule has 0 unspecified atom stereocenters. The maximum atomic E-state index is 8.63. The Kier molecular flexibility index (Phi) is 34.2. The van der Waals surface area contributed by atoms with Crippen molar-refractivity contribution in [2.45, 2.75) is 0 Å². The average molecular weight is 328 g/mol. The van der Waals surface area contributed by atoms with Gasteiger partial charge in [0.05, 0.1) is 0 Å². The molecule has 0 atom stereocenters. The van der Waals surface area contributed by atoms with Crippen LogP contribution in [0.5, 0.6) is 0 Å². The summed E-state index contributed by atoms with van der Waals surface area (Å²) in [7, 11) is -5.17. The minimum atomic E-state index is -6.02. The SMILES string of the molecule is O=S(=O)([O-])[O-].[NH4+].[NH4+].[NH4+].[NH4+].[O]=[Mo](=[O])([O-])[O-]. The molecular formula is H16MoN4O8S. The van der Waals surface area contributed by atoms with Crippen molar-refractivity contribution in [1.82, 2.24) is 24.6 Å². The van der Waals surface area contributed by atoms with Crippen LogP contribution in [0.2, 0.25) is 0 Å². The van der Waals surface area contributed by atoms with Crippen molar-refractivity contribution in [3.8, 4) is 0 Å². The molecule has 0 heterocycles. The fourth-order valence-electron chi connectivity index (χ4n) is 0. The van der Waals surface area contributed by atoms with Crippen LogP contribution in [0, 0.1) is 0 Å². The Morgan fingerprint density at radius 3 is 0.786 bits per heavy atom. The van der Waals surface area contributed by atoms with E-state index in [9.17, 15) is 0 Å². The molecule has 16 N–H and O–H groups in total. The zero-order chi connectivity index (χ0) is 9.00. The third kappa shape index (κ3) is 213000. The van der Waals surface area contributed by atoms with E-state index in [1.165, 1.54) is 0 Å². The molecule has 0 spiro atoms. The summed E-state index contributed by atoms with van der Waals surface area (Å²) in [5, 5.41) is 0. The fraction of sp³-hybridized carbons (Fsp3) is 0. The number of hydrogen-bond donors (Lipinski definition) is 4.